The third-order valence-corrected chi connectivity index (χ3v) is 3.02. The number of nitrogens with two attached hydrogens (primary N) is 1. The highest BCUT2D eigenvalue weighted by Gasteiger charge is 2.31. The van der Waals surface area contributed by atoms with Crippen molar-refractivity contribution < 1.29 is 9.53 Å². The Morgan fingerprint density at radius 3 is 2.85 bits per heavy atom. The highest BCUT2D eigenvalue weighted by molar-refractivity contribution is 5.69. The Bertz CT molecular complexity index is 467. The number of pyridine rings is 1. The molecule has 1 unspecified atom stereocenters. The molecule has 0 radical (unpaired) electrons. The average molecular weight is 278 g/mol. The van der Waals surface area contributed by atoms with Gasteiger partial charge in [-0.25, -0.2) is 4.79 Å². The van der Waals surface area contributed by atoms with Gasteiger partial charge >= 0.3 is 6.09 Å². The van der Waals surface area contributed by atoms with Crippen LogP contribution in [0.1, 0.15) is 32.5 Å². The first-order valence-electron chi connectivity index (χ1n) is 6.78. The molecule has 2 rings (SSSR count). The summed E-state index contributed by atoms with van der Waals surface area (Å²) in [5.74, 6) is 0. The van der Waals surface area contributed by atoms with Crippen molar-refractivity contribution in [3.63, 3.8) is 0 Å². The Hall–Kier alpha value is -1.82. The molecule has 1 aromatic heterocycles. The zero-order valence-corrected chi connectivity index (χ0v) is 12.2. The first-order chi connectivity index (χ1) is 9.37. The molecule has 6 nitrogen and oxygen atoms in total. The van der Waals surface area contributed by atoms with Gasteiger partial charge in [0.2, 0.25) is 0 Å². The standard InChI is InChI=1S/C14H22N4O2/c1-14(2,3)20-13(19)18-7-6-16-9-12(18)11-5-4-10(15)8-17-11/h4-5,8,12,16H,6-7,9,15H2,1-3H3. The molecule has 0 aliphatic carbocycles. The summed E-state index contributed by atoms with van der Waals surface area (Å²) in [6, 6.07) is 3.52. The number of hydrogen-bond acceptors (Lipinski definition) is 5. The number of rotatable bonds is 1. The fourth-order valence-electron chi connectivity index (χ4n) is 2.12. The maximum absolute atomic E-state index is 12.3. The van der Waals surface area contributed by atoms with Crippen LogP contribution >= 0.6 is 0 Å². The SMILES string of the molecule is CC(C)(C)OC(=O)N1CCNCC1c1ccc(N)cn1. The van der Waals surface area contributed by atoms with E-state index < -0.39 is 5.60 Å². The summed E-state index contributed by atoms with van der Waals surface area (Å²) in [5, 5.41) is 3.27. The Balaban J connectivity index is 2.16. The minimum Gasteiger partial charge on any atom is -0.444 e. The second-order valence-electron chi connectivity index (χ2n) is 5.91. The molecule has 1 aliphatic heterocycles. The topological polar surface area (TPSA) is 80.5 Å². The highest BCUT2D eigenvalue weighted by atomic mass is 16.6. The van der Waals surface area contributed by atoms with Crippen LogP contribution in [0.5, 0.6) is 0 Å². The van der Waals surface area contributed by atoms with Crippen molar-refractivity contribution in [2.75, 3.05) is 25.4 Å². The normalized spacial score (nSPS) is 19.8. The number of nitrogens with zero attached hydrogens (tertiary/aromatic N) is 2. The molecule has 6 heteroatoms. The number of carbonyl (C=O) groups is 1. The second-order valence-corrected chi connectivity index (χ2v) is 5.91. The Morgan fingerprint density at radius 1 is 1.50 bits per heavy atom. The van der Waals surface area contributed by atoms with Gasteiger partial charge in [0, 0.05) is 19.6 Å². The van der Waals surface area contributed by atoms with Crippen molar-refractivity contribution in [2.24, 2.45) is 0 Å². The molecule has 1 amide bonds. The largest absolute Gasteiger partial charge is 0.444 e. The van der Waals surface area contributed by atoms with Crippen LogP contribution in [0.3, 0.4) is 0 Å². The minimum atomic E-state index is -0.499. The lowest BCUT2D eigenvalue weighted by molar-refractivity contribution is 0.0113. The van der Waals surface area contributed by atoms with E-state index in [1.807, 2.05) is 26.8 Å². The van der Waals surface area contributed by atoms with Gasteiger partial charge in [0.1, 0.15) is 5.60 Å². The fourth-order valence-corrected chi connectivity index (χ4v) is 2.12. The number of amides is 1. The van der Waals surface area contributed by atoms with E-state index in [-0.39, 0.29) is 12.1 Å². The zero-order valence-electron chi connectivity index (χ0n) is 12.2. The first kappa shape index (κ1) is 14.6. The number of piperazine rings is 1. The monoisotopic (exact) mass is 278 g/mol. The molecular formula is C14H22N4O2. The number of aromatic nitrogens is 1. The Labute approximate surface area is 119 Å². The van der Waals surface area contributed by atoms with E-state index in [4.69, 9.17) is 10.5 Å². The molecule has 1 saturated heterocycles. The van der Waals surface area contributed by atoms with Gasteiger partial charge < -0.3 is 15.8 Å². The molecular weight excluding hydrogens is 256 g/mol. The summed E-state index contributed by atoms with van der Waals surface area (Å²) >= 11 is 0. The van der Waals surface area contributed by atoms with Crippen molar-refractivity contribution in [1.29, 1.82) is 0 Å². The molecule has 1 fully saturated rings. The van der Waals surface area contributed by atoms with Gasteiger partial charge in [-0.15, -0.1) is 0 Å². The van der Waals surface area contributed by atoms with Crippen LogP contribution in [-0.4, -0.2) is 41.2 Å². The van der Waals surface area contributed by atoms with Gasteiger partial charge in [-0.1, -0.05) is 0 Å². The summed E-state index contributed by atoms with van der Waals surface area (Å²) in [7, 11) is 0. The van der Waals surface area contributed by atoms with Crippen molar-refractivity contribution in [2.45, 2.75) is 32.4 Å². The van der Waals surface area contributed by atoms with Crippen LogP contribution in [0.15, 0.2) is 18.3 Å². The summed E-state index contributed by atoms with van der Waals surface area (Å²) in [6.45, 7) is 7.61. The molecule has 0 bridgehead atoms. The van der Waals surface area contributed by atoms with Crippen molar-refractivity contribution in [1.82, 2.24) is 15.2 Å². The van der Waals surface area contributed by atoms with Crippen LogP contribution in [-0.2, 0) is 4.74 Å². The zero-order chi connectivity index (χ0) is 14.8. The Morgan fingerprint density at radius 2 is 2.25 bits per heavy atom. The Kier molecular flexibility index (Phi) is 4.13. The number of hydrogen-bond donors (Lipinski definition) is 2. The van der Waals surface area contributed by atoms with E-state index in [0.29, 0.717) is 18.8 Å². The first-order valence-corrected chi connectivity index (χ1v) is 6.78. The molecule has 110 valence electrons. The molecule has 2 heterocycles. The second kappa shape index (κ2) is 5.66. The smallest absolute Gasteiger partial charge is 0.410 e. The van der Waals surface area contributed by atoms with E-state index in [1.54, 1.807) is 17.2 Å². The molecule has 1 aromatic rings. The number of nitrogen functional groups attached to an aromatic ring is 1. The molecule has 0 spiro atoms. The number of ether oxygens (including phenoxy) is 1. The van der Waals surface area contributed by atoms with Crippen LogP contribution in [0, 0.1) is 0 Å². The predicted octanol–water partition coefficient (Wildman–Crippen LogP) is 1.55. The third kappa shape index (κ3) is 3.60. The summed E-state index contributed by atoms with van der Waals surface area (Å²) < 4.78 is 5.46. The van der Waals surface area contributed by atoms with E-state index in [2.05, 4.69) is 10.3 Å². The summed E-state index contributed by atoms with van der Waals surface area (Å²) in [5.41, 5.74) is 6.58. The predicted molar refractivity (Wildman–Crippen MR) is 77.2 cm³/mol. The van der Waals surface area contributed by atoms with Crippen LogP contribution < -0.4 is 11.1 Å². The molecule has 3 N–H and O–H groups in total. The molecule has 0 aromatic carbocycles. The summed E-state index contributed by atoms with van der Waals surface area (Å²) in [4.78, 5) is 18.3. The van der Waals surface area contributed by atoms with Crippen LogP contribution in [0.25, 0.3) is 0 Å². The maximum Gasteiger partial charge on any atom is 0.410 e. The van der Waals surface area contributed by atoms with E-state index in [1.165, 1.54) is 0 Å². The van der Waals surface area contributed by atoms with Crippen LogP contribution in [0.4, 0.5) is 10.5 Å². The molecule has 0 saturated carbocycles. The lowest BCUT2D eigenvalue weighted by Crippen LogP contribution is -2.50. The van der Waals surface area contributed by atoms with Gasteiger partial charge in [-0.05, 0) is 32.9 Å². The van der Waals surface area contributed by atoms with Gasteiger partial charge in [0.05, 0.1) is 23.6 Å². The lowest BCUT2D eigenvalue weighted by atomic mass is 10.1. The van der Waals surface area contributed by atoms with Crippen molar-refractivity contribution >= 4 is 11.8 Å². The number of anilines is 1. The lowest BCUT2D eigenvalue weighted by Gasteiger charge is -2.36. The van der Waals surface area contributed by atoms with Gasteiger partial charge in [0.15, 0.2) is 0 Å². The van der Waals surface area contributed by atoms with E-state index >= 15 is 0 Å². The number of nitrogens with one attached hydrogen (secondary N) is 1. The highest BCUT2D eigenvalue weighted by Crippen LogP contribution is 2.23. The fraction of sp³-hybridized carbons (Fsp3) is 0.571. The minimum absolute atomic E-state index is 0.126. The van der Waals surface area contributed by atoms with Gasteiger partial charge in [-0.2, -0.15) is 0 Å². The van der Waals surface area contributed by atoms with Gasteiger partial charge in [0.25, 0.3) is 0 Å². The van der Waals surface area contributed by atoms with E-state index in [9.17, 15) is 4.79 Å². The quantitative estimate of drug-likeness (QED) is 0.814. The molecule has 1 atom stereocenters. The maximum atomic E-state index is 12.3. The van der Waals surface area contributed by atoms with Crippen molar-refractivity contribution in [3.8, 4) is 0 Å². The van der Waals surface area contributed by atoms with E-state index in [0.717, 1.165) is 12.2 Å². The number of carbonyl (C=O) groups excluding carboxylic acids is 1. The average Bonchev–Trinajstić information content (AvgIpc) is 2.38. The molecule has 20 heavy (non-hydrogen) atoms. The molecule has 1 aliphatic rings. The van der Waals surface area contributed by atoms with Crippen LogP contribution in [0.2, 0.25) is 0 Å². The summed E-state index contributed by atoms with van der Waals surface area (Å²) in [6.07, 6.45) is 1.31. The van der Waals surface area contributed by atoms with Crippen molar-refractivity contribution in [3.05, 3.63) is 24.0 Å². The van der Waals surface area contributed by atoms with Gasteiger partial charge in [-0.3, -0.25) is 9.88 Å². The third-order valence-electron chi connectivity index (χ3n) is 3.02.